The fourth-order valence-electron chi connectivity index (χ4n) is 1.85. The zero-order valence-corrected chi connectivity index (χ0v) is 11.9. The van der Waals surface area contributed by atoms with Gasteiger partial charge in [0, 0.05) is 16.4 Å². The second kappa shape index (κ2) is 4.99. The Balaban J connectivity index is 2.01. The molecule has 0 aliphatic heterocycles. The van der Waals surface area contributed by atoms with E-state index < -0.39 is 10.0 Å². The summed E-state index contributed by atoms with van der Waals surface area (Å²) in [4.78, 5) is 11.1. The lowest BCUT2D eigenvalue weighted by atomic mass is 9.80. The maximum Gasteiger partial charge on any atom is 0.240 e. The van der Waals surface area contributed by atoms with Crippen LogP contribution in [0.25, 0.3) is 0 Å². The zero-order valence-electron chi connectivity index (χ0n) is 9.47. The van der Waals surface area contributed by atoms with E-state index in [1.165, 1.54) is 12.1 Å². The second-order valence-corrected chi connectivity index (χ2v) is 6.97. The third kappa shape index (κ3) is 2.90. The van der Waals surface area contributed by atoms with Crippen LogP contribution in [0.3, 0.4) is 0 Å². The fraction of sp³-hybridized carbons (Fsp3) is 0.364. The van der Waals surface area contributed by atoms with E-state index in [4.69, 9.17) is 5.73 Å². The Bertz CT molecular complexity index is 550. The summed E-state index contributed by atoms with van der Waals surface area (Å²) in [5.74, 6) is -0.572. The summed E-state index contributed by atoms with van der Waals surface area (Å²) in [5.41, 5.74) is 5.13. The molecule has 0 heterocycles. The van der Waals surface area contributed by atoms with Crippen molar-refractivity contribution >= 4 is 31.9 Å². The molecule has 2 rings (SSSR count). The molecule has 98 valence electrons. The van der Waals surface area contributed by atoms with Gasteiger partial charge in [-0.2, -0.15) is 0 Å². The minimum atomic E-state index is -3.51. The molecule has 1 saturated carbocycles. The Morgan fingerprint density at radius 2 is 1.83 bits per heavy atom. The highest BCUT2D eigenvalue weighted by Gasteiger charge is 2.35. The summed E-state index contributed by atoms with van der Waals surface area (Å²) in [6, 6.07) is 6.19. The number of halogens is 1. The van der Waals surface area contributed by atoms with E-state index in [-0.39, 0.29) is 22.8 Å². The summed E-state index contributed by atoms with van der Waals surface area (Å²) in [7, 11) is -3.51. The highest BCUT2D eigenvalue weighted by Crippen LogP contribution is 2.28. The van der Waals surface area contributed by atoms with Crippen molar-refractivity contribution in [1.82, 2.24) is 4.72 Å². The van der Waals surface area contributed by atoms with E-state index in [0.29, 0.717) is 12.8 Å². The molecule has 3 N–H and O–H groups in total. The van der Waals surface area contributed by atoms with Gasteiger partial charge in [-0.25, -0.2) is 13.1 Å². The molecule has 7 heteroatoms. The zero-order chi connectivity index (χ0) is 13.3. The predicted octanol–water partition coefficient (Wildman–Crippen LogP) is 0.991. The Hall–Kier alpha value is -0.920. The number of benzene rings is 1. The number of carbonyl (C=O) groups excluding carboxylic acids is 1. The molecule has 1 aromatic rings. The Morgan fingerprint density at radius 1 is 1.28 bits per heavy atom. The predicted molar refractivity (Wildman–Crippen MR) is 70.2 cm³/mol. The molecule has 0 aromatic heterocycles. The van der Waals surface area contributed by atoms with Crippen molar-refractivity contribution in [3.8, 4) is 0 Å². The average Bonchev–Trinajstić information content (AvgIpc) is 2.23. The molecule has 1 fully saturated rings. The van der Waals surface area contributed by atoms with Crippen LogP contribution in [-0.2, 0) is 14.8 Å². The summed E-state index contributed by atoms with van der Waals surface area (Å²) >= 11 is 3.25. The summed E-state index contributed by atoms with van der Waals surface area (Å²) in [5, 5.41) is 0. The number of rotatable bonds is 4. The van der Waals surface area contributed by atoms with Crippen LogP contribution < -0.4 is 10.5 Å². The molecule has 1 aliphatic rings. The molecular weight excluding hydrogens is 320 g/mol. The van der Waals surface area contributed by atoms with Crippen LogP contribution in [0, 0.1) is 5.92 Å². The van der Waals surface area contributed by atoms with Gasteiger partial charge in [0.1, 0.15) is 0 Å². The van der Waals surface area contributed by atoms with Crippen molar-refractivity contribution in [3.63, 3.8) is 0 Å². The van der Waals surface area contributed by atoms with Crippen molar-refractivity contribution in [3.05, 3.63) is 28.7 Å². The standard InChI is InChI=1S/C11H13BrN2O3S/c12-8-1-3-10(4-2-8)18(16,17)14-9-5-7(6-9)11(13)15/h1-4,7,9,14H,5-6H2,(H2,13,15)/t7-,9+. The molecule has 0 unspecified atom stereocenters. The minimum Gasteiger partial charge on any atom is -0.369 e. The SMILES string of the molecule is NC(=O)[C@H]1C[C@@H](NS(=O)(=O)c2ccc(Br)cc2)C1. The minimum absolute atomic E-state index is 0.198. The Kier molecular flexibility index (Phi) is 3.74. The highest BCUT2D eigenvalue weighted by molar-refractivity contribution is 9.10. The first kappa shape index (κ1) is 13.5. The molecule has 5 nitrogen and oxygen atoms in total. The van der Waals surface area contributed by atoms with E-state index in [1.54, 1.807) is 12.1 Å². The van der Waals surface area contributed by atoms with Crippen LogP contribution in [0.15, 0.2) is 33.6 Å². The van der Waals surface area contributed by atoms with E-state index in [1.807, 2.05) is 0 Å². The van der Waals surface area contributed by atoms with E-state index >= 15 is 0 Å². The number of hydrogen-bond acceptors (Lipinski definition) is 3. The van der Waals surface area contributed by atoms with Crippen LogP contribution in [0.5, 0.6) is 0 Å². The molecule has 1 aromatic carbocycles. The van der Waals surface area contributed by atoms with Crippen molar-refractivity contribution in [2.24, 2.45) is 11.7 Å². The molecule has 0 radical (unpaired) electrons. The maximum absolute atomic E-state index is 12.0. The Morgan fingerprint density at radius 3 is 2.33 bits per heavy atom. The van der Waals surface area contributed by atoms with Crippen molar-refractivity contribution in [2.75, 3.05) is 0 Å². The van der Waals surface area contributed by atoms with Crippen molar-refractivity contribution in [2.45, 2.75) is 23.8 Å². The number of carbonyl (C=O) groups is 1. The van der Waals surface area contributed by atoms with E-state index in [9.17, 15) is 13.2 Å². The van der Waals surface area contributed by atoms with Crippen molar-refractivity contribution in [1.29, 1.82) is 0 Å². The molecule has 0 bridgehead atoms. The highest BCUT2D eigenvalue weighted by atomic mass is 79.9. The summed E-state index contributed by atoms with van der Waals surface area (Å²) in [6.45, 7) is 0. The monoisotopic (exact) mass is 332 g/mol. The van der Waals surface area contributed by atoms with Crippen LogP contribution in [-0.4, -0.2) is 20.4 Å². The first-order valence-electron chi connectivity index (χ1n) is 5.46. The van der Waals surface area contributed by atoms with Gasteiger partial charge >= 0.3 is 0 Å². The smallest absolute Gasteiger partial charge is 0.240 e. The van der Waals surface area contributed by atoms with E-state index in [0.717, 1.165) is 4.47 Å². The lowest BCUT2D eigenvalue weighted by Crippen LogP contribution is -2.48. The molecule has 0 saturated heterocycles. The fourth-order valence-corrected chi connectivity index (χ4v) is 3.37. The molecule has 0 atom stereocenters. The third-order valence-corrected chi connectivity index (χ3v) is 5.05. The summed E-state index contributed by atoms with van der Waals surface area (Å²) < 4.78 is 27.3. The van der Waals surface area contributed by atoms with Gasteiger partial charge < -0.3 is 5.73 Å². The first-order chi connectivity index (χ1) is 8.38. The molecule has 1 amide bonds. The third-order valence-electron chi connectivity index (χ3n) is 2.99. The van der Waals surface area contributed by atoms with Gasteiger partial charge in [-0.15, -0.1) is 0 Å². The molecule has 18 heavy (non-hydrogen) atoms. The van der Waals surface area contributed by atoms with Gasteiger partial charge in [-0.05, 0) is 37.1 Å². The number of nitrogens with one attached hydrogen (secondary N) is 1. The van der Waals surface area contributed by atoms with Gasteiger partial charge in [-0.1, -0.05) is 15.9 Å². The maximum atomic E-state index is 12.0. The van der Waals surface area contributed by atoms with Crippen LogP contribution in [0.4, 0.5) is 0 Å². The lowest BCUT2D eigenvalue weighted by molar-refractivity contribution is -0.124. The number of amides is 1. The molecule has 0 spiro atoms. The quantitative estimate of drug-likeness (QED) is 0.861. The van der Waals surface area contributed by atoms with Crippen LogP contribution in [0.2, 0.25) is 0 Å². The van der Waals surface area contributed by atoms with Crippen LogP contribution >= 0.6 is 15.9 Å². The Labute approximate surface area is 114 Å². The van der Waals surface area contributed by atoms with Gasteiger partial charge in [-0.3, -0.25) is 4.79 Å². The average molecular weight is 333 g/mol. The topological polar surface area (TPSA) is 89.3 Å². The number of primary amides is 1. The number of nitrogens with two attached hydrogens (primary N) is 1. The van der Waals surface area contributed by atoms with Gasteiger partial charge in [0.05, 0.1) is 4.90 Å². The van der Waals surface area contributed by atoms with Crippen LogP contribution in [0.1, 0.15) is 12.8 Å². The molecular formula is C11H13BrN2O3S. The lowest BCUT2D eigenvalue weighted by Gasteiger charge is -2.33. The first-order valence-corrected chi connectivity index (χ1v) is 7.73. The largest absolute Gasteiger partial charge is 0.369 e. The number of hydrogen-bond donors (Lipinski definition) is 2. The normalized spacial score (nSPS) is 23.4. The molecule has 1 aliphatic carbocycles. The van der Waals surface area contributed by atoms with Crippen molar-refractivity contribution < 1.29 is 13.2 Å². The van der Waals surface area contributed by atoms with E-state index in [2.05, 4.69) is 20.7 Å². The number of sulfonamides is 1. The summed E-state index contributed by atoms with van der Waals surface area (Å²) in [6.07, 6.45) is 0.955. The van der Waals surface area contributed by atoms with Gasteiger partial charge in [0.25, 0.3) is 0 Å². The van der Waals surface area contributed by atoms with Gasteiger partial charge in [0.15, 0.2) is 0 Å². The van der Waals surface area contributed by atoms with Gasteiger partial charge in [0.2, 0.25) is 15.9 Å². The second-order valence-electron chi connectivity index (χ2n) is 4.34.